The fraction of sp³-hybridized carbons (Fsp3) is 0.375. The van der Waals surface area contributed by atoms with E-state index in [1.54, 1.807) is 19.9 Å². The lowest BCUT2D eigenvalue weighted by Crippen LogP contribution is -2.21. The Balaban J connectivity index is 2.34. The first-order valence-electron chi connectivity index (χ1n) is 7.08. The number of carbonyl (C=O) groups is 2. The van der Waals surface area contributed by atoms with Crippen molar-refractivity contribution in [2.45, 2.75) is 32.7 Å². The molecule has 0 bridgehead atoms. The molecule has 4 nitrogen and oxygen atoms in total. The van der Waals surface area contributed by atoms with Crippen molar-refractivity contribution in [1.82, 2.24) is 5.32 Å². The fourth-order valence-corrected chi connectivity index (χ4v) is 2.17. The first-order valence-corrected chi connectivity index (χ1v) is 7.87. The summed E-state index contributed by atoms with van der Waals surface area (Å²) in [5, 5.41) is 2.98. The molecular weight excluding hydrogens is 353 g/mol. The molecule has 0 atom stereocenters. The van der Waals surface area contributed by atoms with E-state index >= 15 is 0 Å². The lowest BCUT2D eigenvalue weighted by molar-refractivity contribution is -0.138. The van der Waals surface area contributed by atoms with E-state index in [1.807, 2.05) is 0 Å². The monoisotopic (exact) mass is 369 g/mol. The SMILES string of the molecule is CCOC(=O)/C(=C\NC1CC1)C(=O)c1ccc(Br)c(C)c1F. The smallest absolute Gasteiger partial charge is 0.343 e. The van der Waals surface area contributed by atoms with Gasteiger partial charge in [-0.2, -0.15) is 0 Å². The summed E-state index contributed by atoms with van der Waals surface area (Å²) in [6.45, 7) is 3.36. The molecule has 0 aliphatic heterocycles. The van der Waals surface area contributed by atoms with Gasteiger partial charge in [-0.1, -0.05) is 15.9 Å². The molecule has 1 fully saturated rings. The Labute approximate surface area is 136 Å². The molecular formula is C16H17BrFNO3. The molecule has 6 heteroatoms. The van der Waals surface area contributed by atoms with Crippen molar-refractivity contribution in [3.63, 3.8) is 0 Å². The van der Waals surface area contributed by atoms with Crippen molar-refractivity contribution in [2.75, 3.05) is 6.61 Å². The fourth-order valence-electron chi connectivity index (χ4n) is 1.86. The van der Waals surface area contributed by atoms with Crippen LogP contribution in [0.1, 0.15) is 35.7 Å². The maximum absolute atomic E-state index is 14.3. The van der Waals surface area contributed by atoms with Crippen molar-refractivity contribution in [1.29, 1.82) is 0 Å². The molecule has 1 aliphatic carbocycles. The van der Waals surface area contributed by atoms with Crippen molar-refractivity contribution in [2.24, 2.45) is 0 Å². The first kappa shape index (κ1) is 16.7. The zero-order chi connectivity index (χ0) is 16.3. The molecule has 0 unspecified atom stereocenters. The molecule has 22 heavy (non-hydrogen) atoms. The number of carbonyl (C=O) groups excluding carboxylic acids is 2. The van der Waals surface area contributed by atoms with Crippen LogP contribution >= 0.6 is 15.9 Å². The zero-order valence-corrected chi connectivity index (χ0v) is 14.0. The Morgan fingerprint density at radius 1 is 1.45 bits per heavy atom. The Kier molecular flexibility index (Phi) is 5.34. The average molecular weight is 370 g/mol. The predicted octanol–water partition coefficient (Wildman–Crippen LogP) is 3.28. The summed E-state index contributed by atoms with van der Waals surface area (Å²) in [7, 11) is 0. The third kappa shape index (κ3) is 3.74. The number of hydrogen-bond acceptors (Lipinski definition) is 4. The van der Waals surface area contributed by atoms with Crippen LogP contribution < -0.4 is 5.32 Å². The maximum atomic E-state index is 14.3. The quantitative estimate of drug-likeness (QED) is 0.275. The van der Waals surface area contributed by atoms with Gasteiger partial charge in [0, 0.05) is 16.7 Å². The summed E-state index contributed by atoms with van der Waals surface area (Å²) >= 11 is 3.21. The Bertz CT molecular complexity index is 639. The van der Waals surface area contributed by atoms with Crippen molar-refractivity contribution in [3.05, 3.63) is 45.3 Å². The Hall–Kier alpha value is -1.69. The molecule has 1 saturated carbocycles. The summed E-state index contributed by atoms with van der Waals surface area (Å²) in [5.74, 6) is -2.07. The highest BCUT2D eigenvalue weighted by molar-refractivity contribution is 9.10. The number of nitrogens with one attached hydrogen (secondary N) is 1. The molecule has 0 amide bonds. The van der Waals surface area contributed by atoms with E-state index in [-0.39, 0.29) is 23.8 Å². The second-order valence-electron chi connectivity index (χ2n) is 5.08. The number of halogens is 2. The predicted molar refractivity (Wildman–Crippen MR) is 84.0 cm³/mol. The summed E-state index contributed by atoms with van der Waals surface area (Å²) < 4.78 is 19.7. The molecule has 0 spiro atoms. The van der Waals surface area contributed by atoms with Gasteiger partial charge in [0.05, 0.1) is 12.2 Å². The largest absolute Gasteiger partial charge is 0.462 e. The van der Waals surface area contributed by atoms with Gasteiger partial charge in [-0.3, -0.25) is 4.79 Å². The van der Waals surface area contributed by atoms with Gasteiger partial charge in [-0.05, 0) is 44.4 Å². The Morgan fingerprint density at radius 3 is 2.73 bits per heavy atom. The maximum Gasteiger partial charge on any atom is 0.343 e. The van der Waals surface area contributed by atoms with Crippen LogP contribution in [0.4, 0.5) is 4.39 Å². The molecule has 1 aromatic rings. The van der Waals surface area contributed by atoms with E-state index in [1.165, 1.54) is 12.3 Å². The number of ketones is 1. The van der Waals surface area contributed by atoms with Crippen LogP contribution in [0.3, 0.4) is 0 Å². The molecule has 0 radical (unpaired) electrons. The lowest BCUT2D eigenvalue weighted by atomic mass is 10.0. The van der Waals surface area contributed by atoms with E-state index in [0.717, 1.165) is 12.8 Å². The Morgan fingerprint density at radius 2 is 2.14 bits per heavy atom. The van der Waals surface area contributed by atoms with Crippen molar-refractivity contribution < 1.29 is 18.7 Å². The molecule has 1 aromatic carbocycles. The standard InChI is InChI=1S/C16H17BrFNO3/c1-3-22-16(21)12(8-19-10-4-5-10)15(20)11-6-7-13(17)9(2)14(11)18/h6-8,10,19H,3-5H2,1-2H3/b12-8-. The third-order valence-electron chi connectivity index (χ3n) is 3.35. The number of ether oxygens (including phenoxy) is 1. The van der Waals surface area contributed by atoms with Crippen LogP contribution in [0.25, 0.3) is 0 Å². The van der Waals surface area contributed by atoms with E-state index in [4.69, 9.17) is 4.74 Å². The molecule has 1 aliphatic rings. The number of benzene rings is 1. The van der Waals surface area contributed by atoms with Gasteiger partial charge in [-0.15, -0.1) is 0 Å². The van der Waals surface area contributed by atoms with Gasteiger partial charge in [0.2, 0.25) is 5.78 Å². The van der Waals surface area contributed by atoms with E-state index < -0.39 is 17.6 Å². The summed E-state index contributed by atoms with van der Waals surface area (Å²) in [6, 6.07) is 3.22. The van der Waals surface area contributed by atoms with E-state index in [0.29, 0.717) is 10.0 Å². The number of rotatable bonds is 6. The zero-order valence-electron chi connectivity index (χ0n) is 12.4. The summed E-state index contributed by atoms with van der Waals surface area (Å²) in [4.78, 5) is 24.5. The highest BCUT2D eigenvalue weighted by Crippen LogP contribution is 2.24. The normalized spacial score (nSPS) is 14.6. The van der Waals surface area contributed by atoms with Crippen LogP contribution in [-0.2, 0) is 9.53 Å². The van der Waals surface area contributed by atoms with Crippen LogP contribution in [0.5, 0.6) is 0 Å². The van der Waals surface area contributed by atoms with Gasteiger partial charge in [0.25, 0.3) is 0 Å². The molecule has 0 heterocycles. The van der Waals surface area contributed by atoms with Crippen LogP contribution in [0.2, 0.25) is 0 Å². The molecule has 118 valence electrons. The minimum Gasteiger partial charge on any atom is -0.462 e. The summed E-state index contributed by atoms with van der Waals surface area (Å²) in [5.41, 5.74) is -0.00353. The highest BCUT2D eigenvalue weighted by Gasteiger charge is 2.26. The lowest BCUT2D eigenvalue weighted by Gasteiger charge is -2.10. The highest BCUT2D eigenvalue weighted by atomic mass is 79.9. The number of esters is 1. The second kappa shape index (κ2) is 7.05. The number of hydrogen-bond donors (Lipinski definition) is 1. The van der Waals surface area contributed by atoms with Crippen molar-refractivity contribution >= 4 is 27.7 Å². The van der Waals surface area contributed by atoms with Crippen molar-refractivity contribution in [3.8, 4) is 0 Å². The molecule has 2 rings (SSSR count). The van der Waals surface area contributed by atoms with Gasteiger partial charge in [0.1, 0.15) is 11.4 Å². The summed E-state index contributed by atoms with van der Waals surface area (Å²) in [6.07, 6.45) is 3.33. The van der Waals surface area contributed by atoms with Crippen LogP contribution in [-0.4, -0.2) is 24.4 Å². The minimum atomic E-state index is -0.749. The van der Waals surface area contributed by atoms with Gasteiger partial charge in [0.15, 0.2) is 0 Å². The first-order chi connectivity index (χ1) is 10.5. The van der Waals surface area contributed by atoms with E-state index in [2.05, 4.69) is 21.2 Å². The van der Waals surface area contributed by atoms with Crippen LogP contribution in [0.15, 0.2) is 28.4 Å². The average Bonchev–Trinajstić information content (AvgIpc) is 3.29. The van der Waals surface area contributed by atoms with Crippen LogP contribution in [0, 0.1) is 12.7 Å². The van der Waals surface area contributed by atoms with Gasteiger partial charge < -0.3 is 10.1 Å². The number of Topliss-reactive ketones (excluding diaryl/α,β-unsaturated/α-hetero) is 1. The van der Waals surface area contributed by atoms with Gasteiger partial charge in [-0.25, -0.2) is 9.18 Å². The topological polar surface area (TPSA) is 55.4 Å². The molecule has 0 aromatic heterocycles. The molecule has 0 saturated heterocycles. The molecule has 1 N–H and O–H groups in total. The second-order valence-corrected chi connectivity index (χ2v) is 5.94. The van der Waals surface area contributed by atoms with Gasteiger partial charge >= 0.3 is 5.97 Å². The van der Waals surface area contributed by atoms with E-state index in [9.17, 15) is 14.0 Å². The minimum absolute atomic E-state index is 0.141. The third-order valence-corrected chi connectivity index (χ3v) is 4.20.